The van der Waals surface area contributed by atoms with E-state index in [9.17, 15) is 9.59 Å². The molecule has 0 aliphatic carbocycles. The van der Waals surface area contributed by atoms with E-state index in [-0.39, 0.29) is 18.5 Å². The standard InChI is InChI=1S/C21H25N3O3/c1-2-27-18-12-10-16(11-13-18)19-9-6-14-24(19)15-20(25)23-21(26)22-17-7-4-3-5-8-17/h3-5,7-8,10-13,19H,2,6,9,14-15H2,1H3,(H2,22,23,25,26). The van der Waals surface area contributed by atoms with Gasteiger partial charge in [-0.2, -0.15) is 0 Å². The predicted molar refractivity (Wildman–Crippen MR) is 105 cm³/mol. The Bertz CT molecular complexity index is 762. The maximum atomic E-state index is 12.3. The number of hydrogen-bond donors (Lipinski definition) is 2. The molecule has 2 aromatic carbocycles. The van der Waals surface area contributed by atoms with Crippen LogP contribution < -0.4 is 15.4 Å². The van der Waals surface area contributed by atoms with E-state index in [4.69, 9.17) is 4.74 Å². The lowest BCUT2D eigenvalue weighted by molar-refractivity contribution is -0.121. The van der Waals surface area contributed by atoms with Gasteiger partial charge in [-0.05, 0) is 56.1 Å². The van der Waals surface area contributed by atoms with Gasteiger partial charge in [0.05, 0.1) is 13.2 Å². The Morgan fingerprint density at radius 1 is 1.11 bits per heavy atom. The number of nitrogens with zero attached hydrogens (tertiary/aromatic N) is 1. The van der Waals surface area contributed by atoms with Crippen molar-refractivity contribution in [1.29, 1.82) is 0 Å². The van der Waals surface area contributed by atoms with Crippen LogP contribution in [-0.2, 0) is 4.79 Å². The van der Waals surface area contributed by atoms with Gasteiger partial charge in [-0.1, -0.05) is 30.3 Å². The Morgan fingerprint density at radius 2 is 1.85 bits per heavy atom. The Balaban J connectivity index is 1.54. The molecule has 1 atom stereocenters. The largest absolute Gasteiger partial charge is 0.494 e. The van der Waals surface area contributed by atoms with Crippen molar-refractivity contribution in [3.63, 3.8) is 0 Å². The molecule has 1 unspecified atom stereocenters. The van der Waals surface area contributed by atoms with Crippen LogP contribution in [0.4, 0.5) is 10.5 Å². The lowest BCUT2D eigenvalue weighted by Gasteiger charge is -2.24. The summed E-state index contributed by atoms with van der Waals surface area (Å²) in [4.78, 5) is 26.4. The van der Waals surface area contributed by atoms with Crippen molar-refractivity contribution in [1.82, 2.24) is 10.2 Å². The highest BCUT2D eigenvalue weighted by Crippen LogP contribution is 2.32. The third-order valence-corrected chi connectivity index (χ3v) is 4.57. The molecule has 1 heterocycles. The fourth-order valence-electron chi connectivity index (χ4n) is 3.38. The highest BCUT2D eigenvalue weighted by Gasteiger charge is 2.28. The summed E-state index contributed by atoms with van der Waals surface area (Å²) in [5.41, 5.74) is 1.81. The van der Waals surface area contributed by atoms with Gasteiger partial charge >= 0.3 is 6.03 Å². The van der Waals surface area contributed by atoms with Gasteiger partial charge in [0.25, 0.3) is 0 Å². The number of nitrogens with one attached hydrogen (secondary N) is 2. The summed E-state index contributed by atoms with van der Waals surface area (Å²) in [5.74, 6) is 0.544. The fourth-order valence-corrected chi connectivity index (χ4v) is 3.38. The van der Waals surface area contributed by atoms with E-state index in [1.54, 1.807) is 12.1 Å². The molecule has 2 N–H and O–H groups in total. The van der Waals surface area contributed by atoms with Crippen molar-refractivity contribution in [2.45, 2.75) is 25.8 Å². The van der Waals surface area contributed by atoms with Crippen LogP contribution in [0.25, 0.3) is 0 Å². The van der Waals surface area contributed by atoms with Gasteiger partial charge in [-0.3, -0.25) is 15.0 Å². The molecule has 27 heavy (non-hydrogen) atoms. The third-order valence-electron chi connectivity index (χ3n) is 4.57. The average Bonchev–Trinajstić information content (AvgIpc) is 3.11. The molecule has 1 aliphatic rings. The van der Waals surface area contributed by atoms with Crippen molar-refractivity contribution < 1.29 is 14.3 Å². The minimum Gasteiger partial charge on any atom is -0.494 e. The van der Waals surface area contributed by atoms with E-state index in [1.165, 1.54) is 0 Å². The Morgan fingerprint density at radius 3 is 2.56 bits per heavy atom. The summed E-state index contributed by atoms with van der Waals surface area (Å²) in [6, 6.07) is 16.7. The highest BCUT2D eigenvalue weighted by molar-refractivity contribution is 6.01. The first-order valence-electron chi connectivity index (χ1n) is 9.28. The molecule has 1 aliphatic heterocycles. The molecule has 0 aromatic heterocycles. The van der Waals surface area contributed by atoms with Crippen molar-refractivity contribution in [3.05, 3.63) is 60.2 Å². The molecule has 0 radical (unpaired) electrons. The molecule has 142 valence electrons. The van der Waals surface area contributed by atoms with Crippen LogP contribution in [0.3, 0.4) is 0 Å². The first-order valence-corrected chi connectivity index (χ1v) is 9.28. The van der Waals surface area contributed by atoms with E-state index in [0.717, 1.165) is 30.7 Å². The summed E-state index contributed by atoms with van der Waals surface area (Å²) < 4.78 is 5.49. The second-order valence-electron chi connectivity index (χ2n) is 6.50. The van der Waals surface area contributed by atoms with Crippen molar-refractivity contribution in [2.75, 3.05) is 25.0 Å². The number of anilines is 1. The topological polar surface area (TPSA) is 70.7 Å². The number of ether oxygens (including phenoxy) is 1. The van der Waals surface area contributed by atoms with Crippen molar-refractivity contribution in [2.24, 2.45) is 0 Å². The maximum absolute atomic E-state index is 12.3. The highest BCUT2D eigenvalue weighted by atomic mass is 16.5. The van der Waals surface area contributed by atoms with Gasteiger partial charge < -0.3 is 10.1 Å². The number of para-hydroxylation sites is 1. The van der Waals surface area contributed by atoms with Gasteiger partial charge in [0.2, 0.25) is 5.91 Å². The van der Waals surface area contributed by atoms with Crippen LogP contribution in [0.1, 0.15) is 31.4 Å². The number of carbonyl (C=O) groups is 2. The summed E-state index contributed by atoms with van der Waals surface area (Å²) >= 11 is 0. The predicted octanol–water partition coefficient (Wildman–Crippen LogP) is 3.57. The zero-order valence-electron chi connectivity index (χ0n) is 15.5. The van der Waals surface area contributed by atoms with Crippen molar-refractivity contribution >= 4 is 17.6 Å². The van der Waals surface area contributed by atoms with Crippen LogP contribution in [0.2, 0.25) is 0 Å². The van der Waals surface area contributed by atoms with E-state index in [1.807, 2.05) is 49.4 Å². The van der Waals surface area contributed by atoms with E-state index < -0.39 is 6.03 Å². The monoisotopic (exact) mass is 367 g/mol. The molecule has 0 spiro atoms. The summed E-state index contributed by atoms with van der Waals surface area (Å²) in [6.45, 7) is 3.63. The van der Waals surface area contributed by atoms with E-state index in [2.05, 4.69) is 15.5 Å². The molecule has 0 bridgehead atoms. The molecule has 6 heteroatoms. The number of likely N-dealkylation sites (tertiary alicyclic amines) is 1. The van der Waals surface area contributed by atoms with Gasteiger partial charge in [0.1, 0.15) is 5.75 Å². The first kappa shape index (κ1) is 18.9. The van der Waals surface area contributed by atoms with Crippen molar-refractivity contribution in [3.8, 4) is 5.75 Å². The van der Waals surface area contributed by atoms with E-state index >= 15 is 0 Å². The van der Waals surface area contributed by atoms with Crippen LogP contribution in [-0.4, -0.2) is 36.5 Å². The summed E-state index contributed by atoms with van der Waals surface area (Å²) in [5, 5.41) is 5.06. The first-order chi connectivity index (χ1) is 13.2. The zero-order chi connectivity index (χ0) is 19.1. The van der Waals surface area contributed by atoms with Gasteiger partial charge in [0, 0.05) is 11.7 Å². The van der Waals surface area contributed by atoms with Gasteiger partial charge in [0.15, 0.2) is 0 Å². The number of benzene rings is 2. The van der Waals surface area contributed by atoms with E-state index in [0.29, 0.717) is 12.3 Å². The third kappa shape index (κ3) is 5.31. The average molecular weight is 367 g/mol. The number of amides is 3. The number of carbonyl (C=O) groups excluding carboxylic acids is 2. The van der Waals surface area contributed by atoms with Gasteiger partial charge in [-0.25, -0.2) is 4.79 Å². The summed E-state index contributed by atoms with van der Waals surface area (Å²) in [6.07, 6.45) is 2.03. The Kier molecular flexibility index (Phi) is 6.44. The van der Waals surface area contributed by atoms with Crippen LogP contribution in [0.15, 0.2) is 54.6 Å². The fraction of sp³-hybridized carbons (Fsp3) is 0.333. The lowest BCUT2D eigenvalue weighted by Crippen LogP contribution is -2.41. The van der Waals surface area contributed by atoms with Crippen LogP contribution in [0, 0.1) is 0 Å². The lowest BCUT2D eigenvalue weighted by atomic mass is 10.0. The quantitative estimate of drug-likeness (QED) is 0.819. The molecular weight excluding hydrogens is 342 g/mol. The normalized spacial score (nSPS) is 16.7. The van der Waals surface area contributed by atoms with Gasteiger partial charge in [-0.15, -0.1) is 0 Å². The molecule has 0 saturated carbocycles. The second-order valence-corrected chi connectivity index (χ2v) is 6.50. The minimum atomic E-state index is -0.511. The Hall–Kier alpha value is -2.86. The molecule has 6 nitrogen and oxygen atoms in total. The number of rotatable bonds is 6. The summed E-state index contributed by atoms with van der Waals surface area (Å²) in [7, 11) is 0. The number of imide groups is 1. The Labute approximate surface area is 159 Å². The minimum absolute atomic E-state index is 0.184. The molecule has 2 aromatic rings. The SMILES string of the molecule is CCOc1ccc(C2CCCN2CC(=O)NC(=O)Nc2ccccc2)cc1. The smallest absolute Gasteiger partial charge is 0.325 e. The molecule has 1 fully saturated rings. The van der Waals surface area contributed by atoms with Crippen LogP contribution >= 0.6 is 0 Å². The maximum Gasteiger partial charge on any atom is 0.325 e. The molecule has 3 rings (SSSR count). The van der Waals surface area contributed by atoms with Crippen LogP contribution in [0.5, 0.6) is 5.75 Å². The molecular formula is C21H25N3O3. The molecule has 3 amide bonds. The second kappa shape index (κ2) is 9.19. The molecule has 1 saturated heterocycles. The zero-order valence-corrected chi connectivity index (χ0v) is 15.5. The number of urea groups is 1. The number of hydrogen-bond acceptors (Lipinski definition) is 4.